The van der Waals surface area contributed by atoms with Crippen LogP contribution in [0.5, 0.6) is 0 Å². The van der Waals surface area contributed by atoms with E-state index in [4.69, 9.17) is 4.99 Å². The van der Waals surface area contributed by atoms with Crippen molar-refractivity contribution in [3.8, 4) is 0 Å². The number of carbonyl (C=O) groups excluding carboxylic acids is 2. The van der Waals surface area contributed by atoms with E-state index < -0.39 is 6.04 Å². The van der Waals surface area contributed by atoms with Crippen LogP contribution in [0.1, 0.15) is 22.7 Å². The molecule has 3 aromatic carbocycles. The molecule has 3 aromatic rings. The molecule has 0 aliphatic carbocycles. The van der Waals surface area contributed by atoms with E-state index in [9.17, 15) is 9.59 Å². The zero-order valence-electron chi connectivity index (χ0n) is 17.4. The number of nitrogens with one attached hydrogen (secondary N) is 1. The summed E-state index contributed by atoms with van der Waals surface area (Å²) in [6, 6.07) is 24.1. The molecule has 1 atom stereocenters. The summed E-state index contributed by atoms with van der Waals surface area (Å²) in [7, 11) is 0. The van der Waals surface area contributed by atoms with Gasteiger partial charge in [-0.15, -0.1) is 0 Å². The first-order valence-corrected chi connectivity index (χ1v) is 11.2. The van der Waals surface area contributed by atoms with Gasteiger partial charge in [0.25, 0.3) is 5.91 Å². The molecule has 2 aliphatic heterocycles. The van der Waals surface area contributed by atoms with Crippen molar-refractivity contribution in [3.05, 3.63) is 95.6 Å². The van der Waals surface area contributed by atoms with Crippen LogP contribution in [0.4, 0.5) is 11.4 Å². The van der Waals surface area contributed by atoms with E-state index in [1.807, 2.05) is 85.8 Å². The van der Waals surface area contributed by atoms with Crippen molar-refractivity contribution >= 4 is 46.0 Å². The van der Waals surface area contributed by atoms with Crippen LogP contribution < -0.4 is 5.32 Å². The van der Waals surface area contributed by atoms with Gasteiger partial charge in [-0.2, -0.15) is 0 Å². The van der Waals surface area contributed by atoms with Crippen LogP contribution in [0, 0.1) is 6.92 Å². The molecule has 7 heteroatoms. The summed E-state index contributed by atoms with van der Waals surface area (Å²) in [6.45, 7) is 1.94. The third-order valence-corrected chi connectivity index (χ3v) is 6.28. The maximum absolute atomic E-state index is 13.4. The number of aryl methyl sites for hydroxylation is 1. The van der Waals surface area contributed by atoms with Gasteiger partial charge in [0.05, 0.1) is 11.4 Å². The number of rotatable bonds is 4. The fourth-order valence-electron chi connectivity index (χ4n) is 3.73. The van der Waals surface area contributed by atoms with Crippen molar-refractivity contribution in [1.29, 1.82) is 0 Å². The standard InChI is InChI=1S/C25H20N4O2S/c1-16-9-5-7-13-19(16)26-21(30)15-32-25-27-20-14-8-6-12-18(20)23-28-22(24(31)29(23)25)17-10-3-2-4-11-17/h2-14,22H,15H2,1H3,(H,26,30)/t22-/m0/s1. The minimum Gasteiger partial charge on any atom is -0.325 e. The van der Waals surface area contributed by atoms with Gasteiger partial charge in [0.2, 0.25) is 5.91 Å². The Kier molecular flexibility index (Phi) is 5.33. The summed E-state index contributed by atoms with van der Waals surface area (Å²) >= 11 is 1.23. The largest absolute Gasteiger partial charge is 0.325 e. The van der Waals surface area contributed by atoms with Crippen molar-refractivity contribution in [3.63, 3.8) is 0 Å². The Labute approximate surface area is 190 Å². The third kappa shape index (κ3) is 3.71. The van der Waals surface area contributed by atoms with Crippen molar-refractivity contribution in [1.82, 2.24) is 4.90 Å². The highest BCUT2D eigenvalue weighted by Crippen LogP contribution is 2.37. The van der Waals surface area contributed by atoms with Crippen LogP contribution >= 0.6 is 11.8 Å². The Morgan fingerprint density at radius 2 is 1.72 bits per heavy atom. The fourth-order valence-corrected chi connectivity index (χ4v) is 4.53. The van der Waals surface area contributed by atoms with Gasteiger partial charge in [0.1, 0.15) is 5.84 Å². The quantitative estimate of drug-likeness (QED) is 0.639. The second-order valence-electron chi connectivity index (χ2n) is 7.50. The Balaban J connectivity index is 1.41. The predicted molar refractivity (Wildman–Crippen MR) is 128 cm³/mol. The lowest BCUT2D eigenvalue weighted by molar-refractivity contribution is -0.124. The van der Waals surface area contributed by atoms with Crippen LogP contribution in [0.25, 0.3) is 0 Å². The first-order chi connectivity index (χ1) is 15.6. The molecular weight excluding hydrogens is 420 g/mol. The van der Waals surface area contributed by atoms with E-state index in [0.29, 0.717) is 11.0 Å². The van der Waals surface area contributed by atoms with Crippen molar-refractivity contribution in [2.45, 2.75) is 13.0 Å². The minimum absolute atomic E-state index is 0.127. The molecule has 0 bridgehead atoms. The van der Waals surface area contributed by atoms with Gasteiger partial charge in [-0.3, -0.25) is 9.59 Å². The van der Waals surface area contributed by atoms with Crippen molar-refractivity contribution in [2.75, 3.05) is 11.1 Å². The van der Waals surface area contributed by atoms with Crippen molar-refractivity contribution < 1.29 is 9.59 Å². The van der Waals surface area contributed by atoms with Crippen LogP contribution in [0.15, 0.2) is 88.8 Å². The molecule has 0 aromatic heterocycles. The molecule has 0 unspecified atom stereocenters. The number of hydrogen-bond donors (Lipinski definition) is 1. The highest BCUT2D eigenvalue weighted by atomic mass is 32.2. The number of thioether (sulfide) groups is 1. The van der Waals surface area contributed by atoms with E-state index in [1.54, 1.807) is 4.90 Å². The number of anilines is 1. The van der Waals surface area contributed by atoms with E-state index in [1.165, 1.54) is 11.8 Å². The number of carbonyl (C=O) groups is 2. The molecule has 158 valence electrons. The molecule has 6 nitrogen and oxygen atoms in total. The van der Waals surface area contributed by atoms with E-state index in [0.717, 1.165) is 28.1 Å². The Hall–Kier alpha value is -3.71. The Morgan fingerprint density at radius 1 is 1.00 bits per heavy atom. The summed E-state index contributed by atoms with van der Waals surface area (Å²) in [5, 5.41) is 3.39. The molecule has 0 saturated heterocycles. The minimum atomic E-state index is -0.621. The van der Waals surface area contributed by atoms with Crippen LogP contribution in [-0.4, -0.2) is 33.5 Å². The lowest BCUT2D eigenvalue weighted by Gasteiger charge is -2.25. The molecular formula is C25H20N4O2S. The lowest BCUT2D eigenvalue weighted by atomic mass is 10.1. The molecule has 0 spiro atoms. The Bertz CT molecular complexity index is 1270. The van der Waals surface area contributed by atoms with Gasteiger partial charge in [-0.25, -0.2) is 14.9 Å². The summed E-state index contributed by atoms with van der Waals surface area (Å²) in [4.78, 5) is 36.9. The molecule has 2 amide bonds. The smallest absolute Gasteiger partial charge is 0.263 e. The van der Waals surface area contributed by atoms with Crippen molar-refractivity contribution in [2.24, 2.45) is 9.98 Å². The third-order valence-electron chi connectivity index (χ3n) is 5.34. The maximum Gasteiger partial charge on any atom is 0.263 e. The molecule has 0 saturated carbocycles. The molecule has 32 heavy (non-hydrogen) atoms. The summed E-state index contributed by atoms with van der Waals surface area (Å²) in [5.74, 6) is 0.390. The topological polar surface area (TPSA) is 74.1 Å². The maximum atomic E-state index is 13.4. The number of amidine groups is 2. The van der Waals surface area contributed by atoms with E-state index in [2.05, 4.69) is 10.3 Å². The van der Waals surface area contributed by atoms with Gasteiger partial charge in [-0.05, 0) is 36.2 Å². The van der Waals surface area contributed by atoms with Gasteiger partial charge in [0, 0.05) is 11.3 Å². The second-order valence-corrected chi connectivity index (χ2v) is 8.45. The number of hydrogen-bond acceptors (Lipinski definition) is 5. The van der Waals surface area contributed by atoms with Gasteiger partial charge in [-0.1, -0.05) is 72.4 Å². The first kappa shape index (κ1) is 20.2. The van der Waals surface area contributed by atoms with Crippen LogP contribution in [0.2, 0.25) is 0 Å². The zero-order valence-corrected chi connectivity index (χ0v) is 18.2. The summed E-state index contributed by atoms with van der Waals surface area (Å²) in [6.07, 6.45) is 0. The lowest BCUT2D eigenvalue weighted by Crippen LogP contribution is -2.40. The van der Waals surface area contributed by atoms with Gasteiger partial charge in [0.15, 0.2) is 11.2 Å². The summed E-state index contributed by atoms with van der Waals surface area (Å²) in [5.41, 5.74) is 4.15. The molecule has 5 rings (SSSR count). The normalized spacial score (nSPS) is 16.7. The molecule has 2 aliphatic rings. The number of nitrogens with zero attached hydrogens (tertiary/aromatic N) is 3. The monoisotopic (exact) mass is 440 g/mol. The number of para-hydroxylation sites is 2. The average molecular weight is 441 g/mol. The second kappa shape index (κ2) is 8.43. The number of amides is 2. The molecule has 0 fully saturated rings. The highest BCUT2D eigenvalue weighted by molar-refractivity contribution is 8.14. The Morgan fingerprint density at radius 3 is 2.53 bits per heavy atom. The average Bonchev–Trinajstić information content (AvgIpc) is 3.17. The molecule has 0 radical (unpaired) electrons. The fraction of sp³-hybridized carbons (Fsp3) is 0.120. The number of aliphatic imine (C=N–C) groups is 2. The molecule has 2 heterocycles. The molecule has 1 N–H and O–H groups in total. The van der Waals surface area contributed by atoms with Crippen LogP contribution in [-0.2, 0) is 9.59 Å². The predicted octanol–water partition coefficient (Wildman–Crippen LogP) is 4.70. The SMILES string of the molecule is Cc1ccccc1NC(=O)CSC1=Nc2ccccc2C2=N[C@@H](c3ccccc3)C(=O)N12. The first-order valence-electron chi connectivity index (χ1n) is 10.2. The zero-order chi connectivity index (χ0) is 22.1. The van der Waals surface area contributed by atoms with E-state index >= 15 is 0 Å². The van der Waals surface area contributed by atoms with Gasteiger partial charge < -0.3 is 5.32 Å². The highest BCUT2D eigenvalue weighted by Gasteiger charge is 2.42. The van der Waals surface area contributed by atoms with E-state index in [-0.39, 0.29) is 17.6 Å². The number of fused-ring (bicyclic) bond motifs is 3. The van der Waals surface area contributed by atoms with Gasteiger partial charge >= 0.3 is 0 Å². The number of benzene rings is 3. The van der Waals surface area contributed by atoms with Crippen LogP contribution in [0.3, 0.4) is 0 Å². The summed E-state index contributed by atoms with van der Waals surface area (Å²) < 4.78 is 0.